The Bertz CT molecular complexity index is 838. The highest BCUT2D eigenvalue weighted by Gasteiger charge is 2.08. The first-order valence-corrected chi connectivity index (χ1v) is 9.47. The summed E-state index contributed by atoms with van der Waals surface area (Å²) in [6, 6.07) is 10.1. The van der Waals surface area contributed by atoms with Gasteiger partial charge in [-0.2, -0.15) is 0 Å². The molecule has 0 saturated carbocycles. The van der Waals surface area contributed by atoms with Gasteiger partial charge in [0, 0.05) is 26.3 Å². The molecule has 7 nitrogen and oxygen atoms in total. The minimum absolute atomic E-state index is 0.0879. The first-order chi connectivity index (χ1) is 11.9. The SMILES string of the molecule is CN=C(NCCc1ccc(Cl)nc1)NCc1cccc(S(N)(=O)=O)c1. The predicted octanol–water partition coefficient (Wildman–Crippen LogP) is 1.29. The molecule has 0 fully saturated rings. The maximum atomic E-state index is 11.4. The molecule has 0 aliphatic rings. The summed E-state index contributed by atoms with van der Waals surface area (Å²) in [6.45, 7) is 1.09. The van der Waals surface area contributed by atoms with Crippen molar-refractivity contribution in [2.24, 2.45) is 10.1 Å². The number of aliphatic imine (C=N–C) groups is 1. The molecule has 4 N–H and O–H groups in total. The third-order valence-electron chi connectivity index (χ3n) is 3.41. The Hall–Kier alpha value is -2.16. The molecule has 0 radical (unpaired) electrons. The van der Waals surface area contributed by atoms with Crippen molar-refractivity contribution in [2.45, 2.75) is 17.9 Å². The van der Waals surface area contributed by atoms with E-state index >= 15 is 0 Å². The second-order valence-corrected chi connectivity index (χ2v) is 7.23. The third-order valence-corrected chi connectivity index (χ3v) is 4.54. The molecule has 25 heavy (non-hydrogen) atoms. The van der Waals surface area contributed by atoms with E-state index in [4.69, 9.17) is 16.7 Å². The molecule has 0 spiro atoms. The average Bonchev–Trinajstić information content (AvgIpc) is 2.59. The van der Waals surface area contributed by atoms with Crippen molar-refractivity contribution in [1.29, 1.82) is 0 Å². The highest BCUT2D eigenvalue weighted by atomic mass is 35.5. The van der Waals surface area contributed by atoms with Gasteiger partial charge in [0.1, 0.15) is 5.15 Å². The lowest BCUT2D eigenvalue weighted by atomic mass is 10.2. The van der Waals surface area contributed by atoms with Crippen LogP contribution in [0.3, 0.4) is 0 Å². The van der Waals surface area contributed by atoms with Crippen molar-refractivity contribution in [1.82, 2.24) is 15.6 Å². The molecule has 1 heterocycles. The first-order valence-electron chi connectivity index (χ1n) is 7.55. The molecule has 2 aromatic rings. The molecule has 134 valence electrons. The van der Waals surface area contributed by atoms with Crippen LogP contribution in [0.15, 0.2) is 52.5 Å². The summed E-state index contributed by atoms with van der Waals surface area (Å²) in [4.78, 5) is 8.26. The molecule has 2 rings (SSSR count). The Morgan fingerprint density at radius 3 is 2.68 bits per heavy atom. The average molecular weight is 382 g/mol. The Balaban J connectivity index is 1.85. The lowest BCUT2D eigenvalue weighted by molar-refractivity contribution is 0.597. The summed E-state index contributed by atoms with van der Waals surface area (Å²) in [6.07, 6.45) is 2.50. The van der Waals surface area contributed by atoms with Crippen LogP contribution in [0.25, 0.3) is 0 Å². The fourth-order valence-corrected chi connectivity index (χ4v) is 2.81. The van der Waals surface area contributed by atoms with Gasteiger partial charge >= 0.3 is 0 Å². The zero-order valence-corrected chi connectivity index (χ0v) is 15.3. The molecule has 0 unspecified atom stereocenters. The van der Waals surface area contributed by atoms with E-state index < -0.39 is 10.0 Å². The lowest BCUT2D eigenvalue weighted by Crippen LogP contribution is -2.37. The van der Waals surface area contributed by atoms with Gasteiger partial charge in [-0.1, -0.05) is 29.8 Å². The molecule has 0 amide bonds. The van der Waals surface area contributed by atoms with Gasteiger partial charge in [0.2, 0.25) is 10.0 Å². The van der Waals surface area contributed by atoms with E-state index in [0.29, 0.717) is 24.2 Å². The van der Waals surface area contributed by atoms with Gasteiger partial charge in [-0.05, 0) is 35.7 Å². The number of nitrogens with one attached hydrogen (secondary N) is 2. The molecule has 1 aromatic carbocycles. The fraction of sp³-hybridized carbons (Fsp3) is 0.250. The quantitative estimate of drug-likeness (QED) is 0.397. The van der Waals surface area contributed by atoms with Gasteiger partial charge in [-0.15, -0.1) is 0 Å². The summed E-state index contributed by atoms with van der Waals surface area (Å²) in [5, 5.41) is 11.9. The van der Waals surface area contributed by atoms with Gasteiger partial charge in [0.15, 0.2) is 5.96 Å². The highest BCUT2D eigenvalue weighted by Crippen LogP contribution is 2.09. The van der Waals surface area contributed by atoms with E-state index in [-0.39, 0.29) is 4.90 Å². The molecular weight excluding hydrogens is 362 g/mol. The molecule has 1 aromatic heterocycles. The largest absolute Gasteiger partial charge is 0.356 e. The monoisotopic (exact) mass is 381 g/mol. The maximum Gasteiger partial charge on any atom is 0.238 e. The molecule has 9 heteroatoms. The number of rotatable bonds is 6. The zero-order valence-electron chi connectivity index (χ0n) is 13.7. The van der Waals surface area contributed by atoms with Gasteiger partial charge < -0.3 is 10.6 Å². The van der Waals surface area contributed by atoms with Crippen LogP contribution >= 0.6 is 11.6 Å². The molecule has 0 aliphatic heterocycles. The smallest absolute Gasteiger partial charge is 0.238 e. The van der Waals surface area contributed by atoms with E-state index in [9.17, 15) is 8.42 Å². The minimum atomic E-state index is -3.71. The number of pyridine rings is 1. The summed E-state index contributed by atoms with van der Waals surface area (Å²) in [5.41, 5.74) is 1.85. The Morgan fingerprint density at radius 2 is 2.04 bits per heavy atom. The zero-order chi connectivity index (χ0) is 18.3. The van der Waals surface area contributed by atoms with Crippen LogP contribution in [-0.2, 0) is 23.0 Å². The second-order valence-electron chi connectivity index (χ2n) is 5.28. The van der Waals surface area contributed by atoms with Crippen molar-refractivity contribution < 1.29 is 8.42 Å². The Labute approximate surface area is 152 Å². The summed E-state index contributed by atoms with van der Waals surface area (Å²) >= 11 is 5.76. The molecule has 0 atom stereocenters. The molecular formula is C16H20ClN5O2S. The fourth-order valence-electron chi connectivity index (χ4n) is 2.12. The van der Waals surface area contributed by atoms with E-state index in [1.807, 2.05) is 12.1 Å². The second kappa shape index (κ2) is 8.80. The number of halogens is 1. The van der Waals surface area contributed by atoms with Crippen LogP contribution < -0.4 is 15.8 Å². The Morgan fingerprint density at radius 1 is 1.24 bits per heavy atom. The number of nitrogens with two attached hydrogens (primary N) is 1. The van der Waals surface area contributed by atoms with Crippen molar-refractivity contribution in [3.63, 3.8) is 0 Å². The molecule has 0 saturated heterocycles. The number of primary sulfonamides is 1. The van der Waals surface area contributed by atoms with E-state index in [2.05, 4.69) is 20.6 Å². The van der Waals surface area contributed by atoms with Crippen molar-refractivity contribution in [2.75, 3.05) is 13.6 Å². The Kier molecular flexibility index (Phi) is 6.74. The molecule has 0 aliphatic carbocycles. The number of nitrogens with zero attached hydrogens (tertiary/aromatic N) is 2. The van der Waals surface area contributed by atoms with E-state index in [0.717, 1.165) is 17.5 Å². The highest BCUT2D eigenvalue weighted by molar-refractivity contribution is 7.89. The summed E-state index contributed by atoms with van der Waals surface area (Å²) < 4.78 is 22.8. The number of sulfonamides is 1. The maximum absolute atomic E-state index is 11.4. The lowest BCUT2D eigenvalue weighted by Gasteiger charge is -2.12. The van der Waals surface area contributed by atoms with E-state index in [1.54, 1.807) is 25.4 Å². The molecule has 0 bridgehead atoms. The first kappa shape index (κ1) is 19.2. The third kappa shape index (κ3) is 6.33. The van der Waals surface area contributed by atoms with Crippen LogP contribution in [0.2, 0.25) is 5.15 Å². The number of aromatic nitrogens is 1. The van der Waals surface area contributed by atoms with Gasteiger partial charge in [0.05, 0.1) is 4.90 Å². The number of guanidine groups is 1. The number of hydrogen-bond donors (Lipinski definition) is 3. The van der Waals surface area contributed by atoms with Crippen molar-refractivity contribution >= 4 is 27.6 Å². The summed E-state index contributed by atoms with van der Waals surface area (Å²) in [7, 11) is -2.04. The summed E-state index contributed by atoms with van der Waals surface area (Å²) in [5.74, 6) is 0.614. The minimum Gasteiger partial charge on any atom is -0.356 e. The van der Waals surface area contributed by atoms with Gasteiger partial charge in [0.25, 0.3) is 0 Å². The van der Waals surface area contributed by atoms with Crippen LogP contribution in [0, 0.1) is 0 Å². The number of benzene rings is 1. The van der Waals surface area contributed by atoms with Crippen molar-refractivity contribution in [3.8, 4) is 0 Å². The van der Waals surface area contributed by atoms with Crippen molar-refractivity contribution in [3.05, 3.63) is 58.9 Å². The normalized spacial score (nSPS) is 12.0. The van der Waals surface area contributed by atoms with Crippen LogP contribution in [-0.4, -0.2) is 33.0 Å². The predicted molar refractivity (Wildman–Crippen MR) is 99.0 cm³/mol. The number of hydrogen-bond acceptors (Lipinski definition) is 4. The van der Waals surface area contributed by atoms with Crippen LogP contribution in [0.5, 0.6) is 0 Å². The van der Waals surface area contributed by atoms with Gasteiger partial charge in [-0.25, -0.2) is 18.5 Å². The van der Waals surface area contributed by atoms with Gasteiger partial charge in [-0.3, -0.25) is 4.99 Å². The topological polar surface area (TPSA) is 109 Å². The van der Waals surface area contributed by atoms with E-state index in [1.165, 1.54) is 12.1 Å². The van der Waals surface area contributed by atoms with Crippen LogP contribution in [0.1, 0.15) is 11.1 Å². The standard InChI is InChI=1S/C16H20ClN5O2S/c1-19-16(20-8-7-12-5-6-15(17)21-10-12)22-11-13-3-2-4-14(9-13)25(18,23)24/h2-6,9-10H,7-8,11H2,1H3,(H2,18,23,24)(H2,19,20,22). The van der Waals surface area contributed by atoms with Crippen LogP contribution in [0.4, 0.5) is 0 Å².